The maximum Gasteiger partial charge on any atom is 2.00 e. The van der Waals surface area contributed by atoms with Crippen molar-refractivity contribution in [2.45, 2.75) is 14.1 Å². The molecule has 111 valence electrons. The van der Waals surface area contributed by atoms with E-state index in [0.717, 1.165) is 0 Å². The molecule has 2 bridgehead atoms. The van der Waals surface area contributed by atoms with E-state index in [-0.39, 0.29) is 17.1 Å². The van der Waals surface area contributed by atoms with Gasteiger partial charge in [0, 0.05) is 23.8 Å². The van der Waals surface area contributed by atoms with Crippen molar-refractivity contribution in [2.24, 2.45) is 11.8 Å². The summed E-state index contributed by atoms with van der Waals surface area (Å²) >= 11 is 35.8. The minimum absolute atomic E-state index is 0. The number of hydrogen-bond donors (Lipinski definition) is 0. The summed E-state index contributed by atoms with van der Waals surface area (Å²) in [6, 6.07) is 0. The van der Waals surface area contributed by atoms with Gasteiger partial charge in [0.25, 0.3) is 0 Å². The van der Waals surface area contributed by atoms with Gasteiger partial charge in [0.05, 0.1) is 10.1 Å². The number of carboxylic acid groups (broad SMARTS) is 2. The third-order valence-corrected chi connectivity index (χ3v) is 7.70. The first-order valence-corrected chi connectivity index (χ1v) is 6.96. The summed E-state index contributed by atoms with van der Waals surface area (Å²) < 4.78 is -2.26. The smallest absolute Gasteiger partial charge is 0.550 e. The van der Waals surface area contributed by atoms with Gasteiger partial charge < -0.3 is 19.8 Å². The average Bonchev–Trinajstić information content (AvgIpc) is 2.48. The first-order chi connectivity index (χ1) is 8.45. The molecule has 4 atom stereocenters. The molecular formula is C9H2Cl6MnO4. The van der Waals surface area contributed by atoms with Gasteiger partial charge in [-0.05, 0) is 0 Å². The van der Waals surface area contributed by atoms with Crippen LogP contribution in [0.5, 0.6) is 0 Å². The molecular weight excluding hydrogens is 440 g/mol. The summed E-state index contributed by atoms with van der Waals surface area (Å²) in [7, 11) is 0. The SMILES string of the molecule is O=C([O-])C1C(C(=O)[O-])C2(Cl)C(Cl)=C(Cl)C1(Cl)C2(Cl)Cl.[Mn+2]. The minimum Gasteiger partial charge on any atom is -0.550 e. The number of aliphatic carboxylic acids is 2. The van der Waals surface area contributed by atoms with Crippen molar-refractivity contribution in [2.75, 3.05) is 0 Å². The van der Waals surface area contributed by atoms with Crippen molar-refractivity contribution in [3.05, 3.63) is 10.1 Å². The molecule has 1 radical (unpaired) electrons. The summed E-state index contributed by atoms with van der Waals surface area (Å²) in [5, 5.41) is 21.6. The molecule has 4 nitrogen and oxygen atoms in total. The van der Waals surface area contributed by atoms with Gasteiger partial charge in [-0.15, -0.1) is 23.2 Å². The summed E-state index contributed by atoms with van der Waals surface area (Å²) in [6.45, 7) is 0. The molecule has 0 aromatic heterocycles. The molecule has 2 aliphatic rings. The number of fused-ring (bicyclic) bond motifs is 2. The molecule has 4 unspecified atom stereocenters. The molecule has 20 heavy (non-hydrogen) atoms. The van der Waals surface area contributed by atoms with Crippen LogP contribution < -0.4 is 10.2 Å². The van der Waals surface area contributed by atoms with E-state index in [1.807, 2.05) is 0 Å². The zero-order chi connectivity index (χ0) is 15.0. The molecule has 0 aliphatic heterocycles. The van der Waals surface area contributed by atoms with Crippen LogP contribution in [0.2, 0.25) is 0 Å². The Morgan fingerprint density at radius 2 is 1.10 bits per heavy atom. The predicted molar refractivity (Wildman–Crippen MR) is 67.3 cm³/mol. The van der Waals surface area contributed by atoms with Crippen molar-refractivity contribution in [1.82, 2.24) is 0 Å². The molecule has 0 heterocycles. The van der Waals surface area contributed by atoms with Crippen LogP contribution in [0, 0.1) is 11.8 Å². The second-order valence-electron chi connectivity index (χ2n) is 4.22. The largest absolute Gasteiger partial charge is 2.00 e. The Labute approximate surface area is 153 Å². The zero-order valence-electron chi connectivity index (χ0n) is 8.93. The second-order valence-corrected chi connectivity index (χ2v) is 7.49. The van der Waals surface area contributed by atoms with Crippen molar-refractivity contribution < 1.29 is 36.9 Å². The molecule has 11 heteroatoms. The van der Waals surface area contributed by atoms with Crippen LogP contribution in [0.25, 0.3) is 0 Å². The zero-order valence-corrected chi connectivity index (χ0v) is 14.6. The number of carbonyl (C=O) groups excluding carboxylic acids is 2. The van der Waals surface area contributed by atoms with Crippen LogP contribution in [0.3, 0.4) is 0 Å². The van der Waals surface area contributed by atoms with E-state index in [1.54, 1.807) is 0 Å². The van der Waals surface area contributed by atoms with Crippen LogP contribution in [-0.4, -0.2) is 26.0 Å². The standard InChI is InChI=1S/C9H4Cl6O4.Mn/c10-3-4(11)8(13)2(6(18)19)1(5(16)17)7(3,12)9(8,14)15;/h1-2H,(H,16,17)(H,18,19);/q;+2/p-2. The van der Waals surface area contributed by atoms with E-state index in [0.29, 0.717) is 0 Å². The number of halogens is 6. The molecule has 0 N–H and O–H groups in total. The molecule has 1 fully saturated rings. The maximum absolute atomic E-state index is 11.2. The summed E-state index contributed by atoms with van der Waals surface area (Å²) in [5.74, 6) is -7.41. The molecule has 2 aliphatic carbocycles. The van der Waals surface area contributed by atoms with Crippen LogP contribution in [-0.2, 0) is 26.7 Å². The van der Waals surface area contributed by atoms with Crippen molar-refractivity contribution >= 4 is 81.5 Å². The summed E-state index contributed by atoms with van der Waals surface area (Å²) in [6.07, 6.45) is 0. The third kappa shape index (κ3) is 1.75. The summed E-state index contributed by atoms with van der Waals surface area (Å²) in [5.41, 5.74) is 0. The molecule has 0 spiro atoms. The monoisotopic (exact) mass is 439 g/mol. The fraction of sp³-hybridized carbons (Fsp3) is 0.556. The predicted octanol–water partition coefficient (Wildman–Crippen LogP) is 0.562. The second kappa shape index (κ2) is 5.24. The first kappa shape index (κ1) is 19.0. The Morgan fingerprint density at radius 1 is 0.850 bits per heavy atom. The third-order valence-electron chi connectivity index (χ3n) is 3.44. The number of allylic oxidation sites excluding steroid dienone is 2. The Bertz CT molecular complexity index is 493. The van der Waals surface area contributed by atoms with Gasteiger partial charge in [0.15, 0.2) is 4.33 Å². The maximum atomic E-state index is 11.2. The van der Waals surface area contributed by atoms with Crippen molar-refractivity contribution in [3.63, 3.8) is 0 Å². The quantitative estimate of drug-likeness (QED) is 0.463. The number of carbonyl (C=O) groups is 2. The van der Waals surface area contributed by atoms with Crippen molar-refractivity contribution in [1.29, 1.82) is 0 Å². The van der Waals surface area contributed by atoms with Crippen LogP contribution >= 0.6 is 69.6 Å². The number of rotatable bonds is 2. The van der Waals surface area contributed by atoms with Gasteiger partial charge >= 0.3 is 17.1 Å². The van der Waals surface area contributed by atoms with Crippen LogP contribution in [0.4, 0.5) is 0 Å². The van der Waals surface area contributed by atoms with Gasteiger partial charge in [0.1, 0.15) is 9.75 Å². The van der Waals surface area contributed by atoms with E-state index in [4.69, 9.17) is 69.6 Å². The number of hydrogen-bond acceptors (Lipinski definition) is 4. The molecule has 0 aromatic rings. The van der Waals surface area contributed by atoms with E-state index >= 15 is 0 Å². The molecule has 1 saturated carbocycles. The number of alkyl halides is 4. The Hall–Kier alpha value is 0.939. The Morgan fingerprint density at radius 3 is 1.30 bits per heavy atom. The molecule has 0 saturated heterocycles. The average molecular weight is 442 g/mol. The summed E-state index contributed by atoms with van der Waals surface area (Å²) in [4.78, 5) is 18.0. The van der Waals surface area contributed by atoms with E-state index in [1.165, 1.54) is 0 Å². The van der Waals surface area contributed by atoms with Crippen LogP contribution in [0.1, 0.15) is 0 Å². The minimum atomic E-state index is -2.26. The van der Waals surface area contributed by atoms with Gasteiger partial charge in [-0.25, -0.2) is 0 Å². The van der Waals surface area contributed by atoms with Gasteiger partial charge in [-0.3, -0.25) is 0 Å². The fourth-order valence-electron chi connectivity index (χ4n) is 2.58. The van der Waals surface area contributed by atoms with E-state index in [2.05, 4.69) is 0 Å². The molecule has 2 rings (SSSR count). The Balaban J connectivity index is 0.00000200. The Kier molecular flexibility index (Phi) is 4.98. The molecule has 0 aromatic carbocycles. The molecule has 0 amide bonds. The van der Waals surface area contributed by atoms with Crippen molar-refractivity contribution in [3.8, 4) is 0 Å². The van der Waals surface area contributed by atoms with E-state index in [9.17, 15) is 19.8 Å². The van der Waals surface area contributed by atoms with Crippen LogP contribution in [0.15, 0.2) is 10.1 Å². The fourth-order valence-corrected chi connectivity index (χ4v) is 5.50. The van der Waals surface area contributed by atoms with Gasteiger partial charge in [0.2, 0.25) is 0 Å². The van der Waals surface area contributed by atoms with E-state index < -0.39 is 47.9 Å². The number of carboxylic acids is 2. The topological polar surface area (TPSA) is 80.3 Å². The van der Waals surface area contributed by atoms with Gasteiger partial charge in [-0.2, -0.15) is 0 Å². The normalized spacial score (nSPS) is 41.5. The van der Waals surface area contributed by atoms with Gasteiger partial charge in [-0.1, -0.05) is 46.4 Å². The first-order valence-electron chi connectivity index (χ1n) is 4.69.